The second kappa shape index (κ2) is 10.1. The molecule has 0 amide bonds. The fourth-order valence-corrected chi connectivity index (χ4v) is 3.15. The average Bonchev–Trinajstić information content (AvgIpc) is 2.67. The van der Waals surface area contributed by atoms with Gasteiger partial charge in [0, 0.05) is 31.6 Å². The Morgan fingerprint density at radius 3 is 2.31 bits per heavy atom. The van der Waals surface area contributed by atoms with E-state index in [-0.39, 0.29) is 31.6 Å². The minimum Gasteiger partial charge on any atom is -0.512 e. The van der Waals surface area contributed by atoms with E-state index in [0.29, 0.717) is 0 Å². The normalized spacial score (nSPS) is 10.8. The summed E-state index contributed by atoms with van der Waals surface area (Å²) in [6, 6.07) is 26.2. The molecule has 1 heterocycles. The fourth-order valence-electron chi connectivity index (χ4n) is 3.15. The minimum atomic E-state index is -0.125. The van der Waals surface area contributed by atoms with Crippen molar-refractivity contribution in [1.29, 1.82) is 0 Å². The maximum Gasteiger partial charge on any atom is 0.155 e. The molecule has 1 N–H and O–H groups in total. The number of rotatable bonds is 2. The second-order valence-corrected chi connectivity index (χ2v) is 6.68. The molecule has 0 fully saturated rings. The predicted octanol–water partition coefficient (Wildman–Crippen LogP) is 6.20. The number of aryl methyl sites for hydroxylation is 1. The number of carbonyl (C=O) groups is 1. The Balaban J connectivity index is 0.000000327. The molecule has 4 aromatic rings. The summed E-state index contributed by atoms with van der Waals surface area (Å²) in [4.78, 5) is 14.8. The maximum absolute atomic E-state index is 10.0. The van der Waals surface area contributed by atoms with Crippen LogP contribution in [0.1, 0.15) is 19.4 Å². The molecule has 1 radical (unpaired) electrons. The monoisotopic (exact) mass is 561 g/mol. The van der Waals surface area contributed by atoms with Crippen molar-refractivity contribution in [2.45, 2.75) is 20.8 Å². The molecular weight excluding hydrogens is 538 g/mol. The van der Waals surface area contributed by atoms with Gasteiger partial charge in [0.15, 0.2) is 5.78 Å². The quantitative estimate of drug-likeness (QED) is 0.181. The van der Waals surface area contributed by atoms with Crippen LogP contribution in [-0.4, -0.2) is 15.9 Å². The number of aromatic nitrogens is 1. The Bertz CT molecular complexity index is 1170. The summed E-state index contributed by atoms with van der Waals surface area (Å²) in [5, 5.41) is 12.0. The average molecular weight is 561 g/mol. The third kappa shape index (κ3) is 5.60. The summed E-state index contributed by atoms with van der Waals surface area (Å²) in [5.41, 5.74) is 4.34. The second-order valence-electron chi connectivity index (χ2n) is 6.68. The standard InChI is InChI=1S/C20H14N.C5H8O2.Ir/c1-14-13-20(21-19-12-5-4-9-16(14)19)18-11-6-8-15-7-2-3-10-17(15)18;1-4(6)3-5(2)7;/h2-10,12-13H,1H3;3,6H,1-2H3;/q-1;;. The third-order valence-corrected chi connectivity index (χ3v) is 4.31. The number of carbonyl (C=O) groups excluding carboxylic acids is 1. The molecule has 0 aliphatic rings. The summed E-state index contributed by atoms with van der Waals surface area (Å²) in [6.45, 7) is 4.99. The van der Waals surface area contributed by atoms with Crippen molar-refractivity contribution < 1.29 is 30.0 Å². The van der Waals surface area contributed by atoms with Gasteiger partial charge in [-0.25, -0.2) is 0 Å². The molecule has 0 aliphatic heterocycles. The molecule has 0 spiro atoms. The van der Waals surface area contributed by atoms with Crippen LogP contribution >= 0.6 is 0 Å². The van der Waals surface area contributed by atoms with Crippen LogP contribution in [0.15, 0.2) is 78.6 Å². The van der Waals surface area contributed by atoms with Gasteiger partial charge in [0.25, 0.3) is 0 Å². The van der Waals surface area contributed by atoms with Crippen LogP contribution in [0.4, 0.5) is 0 Å². The van der Waals surface area contributed by atoms with E-state index in [1.54, 1.807) is 0 Å². The van der Waals surface area contributed by atoms with Crippen LogP contribution in [0.5, 0.6) is 0 Å². The number of ketones is 1. The zero-order valence-electron chi connectivity index (χ0n) is 16.6. The van der Waals surface area contributed by atoms with E-state index in [9.17, 15) is 4.79 Å². The van der Waals surface area contributed by atoms with Gasteiger partial charge in [0.2, 0.25) is 0 Å². The van der Waals surface area contributed by atoms with Gasteiger partial charge < -0.3 is 5.11 Å². The topological polar surface area (TPSA) is 50.2 Å². The largest absolute Gasteiger partial charge is 0.512 e. The van der Waals surface area contributed by atoms with Crippen molar-refractivity contribution in [3.63, 3.8) is 0 Å². The van der Waals surface area contributed by atoms with E-state index in [4.69, 9.17) is 10.1 Å². The number of benzene rings is 3. The number of hydrogen-bond acceptors (Lipinski definition) is 3. The van der Waals surface area contributed by atoms with Crippen molar-refractivity contribution in [2.75, 3.05) is 0 Å². The number of allylic oxidation sites excluding steroid dienone is 2. The van der Waals surface area contributed by atoms with Crippen molar-refractivity contribution in [3.8, 4) is 11.3 Å². The third-order valence-electron chi connectivity index (χ3n) is 4.31. The molecule has 1 aromatic heterocycles. The van der Waals surface area contributed by atoms with Crippen molar-refractivity contribution in [2.24, 2.45) is 0 Å². The van der Waals surface area contributed by atoms with Gasteiger partial charge >= 0.3 is 0 Å². The predicted molar refractivity (Wildman–Crippen MR) is 115 cm³/mol. The number of pyridine rings is 1. The van der Waals surface area contributed by atoms with E-state index >= 15 is 0 Å². The van der Waals surface area contributed by atoms with Gasteiger partial charge in [0.05, 0.1) is 11.3 Å². The summed E-state index contributed by atoms with van der Waals surface area (Å²) in [5.74, 6) is -0.0625. The Morgan fingerprint density at radius 2 is 1.66 bits per heavy atom. The van der Waals surface area contributed by atoms with Gasteiger partial charge in [-0.2, -0.15) is 0 Å². The molecule has 0 saturated heterocycles. The van der Waals surface area contributed by atoms with E-state index in [1.165, 1.54) is 41.6 Å². The number of fused-ring (bicyclic) bond motifs is 2. The molecule has 3 aromatic carbocycles. The molecule has 0 aliphatic carbocycles. The first-order chi connectivity index (χ1) is 13.5. The molecular formula is C25H22IrNO2-. The molecule has 0 bridgehead atoms. The Hall–Kier alpha value is -2.81. The van der Waals surface area contributed by atoms with Gasteiger partial charge in [-0.15, -0.1) is 29.1 Å². The number of aliphatic hydroxyl groups is 1. The number of aliphatic hydroxyl groups excluding tert-OH is 1. The van der Waals surface area contributed by atoms with Gasteiger partial charge in [-0.1, -0.05) is 53.9 Å². The zero-order chi connectivity index (χ0) is 20.1. The van der Waals surface area contributed by atoms with E-state index in [1.807, 2.05) is 12.1 Å². The Kier molecular flexibility index (Phi) is 7.83. The minimum absolute atomic E-state index is 0. The van der Waals surface area contributed by atoms with Crippen LogP contribution in [-0.2, 0) is 24.9 Å². The number of hydrogen-bond donors (Lipinski definition) is 1. The summed E-state index contributed by atoms with van der Waals surface area (Å²) < 4.78 is 0. The molecule has 0 unspecified atom stereocenters. The smallest absolute Gasteiger partial charge is 0.155 e. The molecule has 149 valence electrons. The molecule has 4 rings (SSSR count). The Labute approximate surface area is 184 Å². The van der Waals surface area contributed by atoms with Crippen LogP contribution in [0, 0.1) is 13.0 Å². The van der Waals surface area contributed by atoms with E-state index in [0.717, 1.165) is 16.8 Å². The summed E-state index contributed by atoms with van der Waals surface area (Å²) >= 11 is 0. The van der Waals surface area contributed by atoms with Crippen molar-refractivity contribution >= 4 is 27.5 Å². The van der Waals surface area contributed by atoms with Crippen molar-refractivity contribution in [1.82, 2.24) is 4.98 Å². The number of nitrogens with zero attached hydrogens (tertiary/aromatic N) is 1. The van der Waals surface area contributed by atoms with Crippen molar-refractivity contribution in [3.05, 3.63) is 90.2 Å². The molecule has 4 heteroatoms. The summed E-state index contributed by atoms with van der Waals surface area (Å²) in [7, 11) is 0. The first-order valence-electron chi connectivity index (χ1n) is 9.10. The van der Waals surface area contributed by atoms with Crippen LogP contribution in [0.3, 0.4) is 0 Å². The fraction of sp³-hybridized carbons (Fsp3) is 0.120. The van der Waals surface area contributed by atoms with E-state index < -0.39 is 0 Å². The van der Waals surface area contributed by atoms with Crippen LogP contribution in [0.25, 0.3) is 32.9 Å². The van der Waals surface area contributed by atoms with Gasteiger partial charge in [-0.05, 0) is 38.1 Å². The summed E-state index contributed by atoms with van der Waals surface area (Å²) in [6.07, 6.45) is 1.17. The van der Waals surface area contributed by atoms with Gasteiger partial charge in [0.1, 0.15) is 0 Å². The molecule has 3 nitrogen and oxygen atoms in total. The maximum atomic E-state index is 10.0. The molecule has 0 saturated carbocycles. The number of para-hydroxylation sites is 1. The zero-order valence-corrected chi connectivity index (χ0v) is 19.0. The van der Waals surface area contributed by atoms with Crippen LogP contribution < -0.4 is 0 Å². The first-order valence-corrected chi connectivity index (χ1v) is 9.10. The Morgan fingerprint density at radius 1 is 1.00 bits per heavy atom. The first kappa shape index (κ1) is 22.5. The molecule has 29 heavy (non-hydrogen) atoms. The van der Waals surface area contributed by atoms with E-state index in [2.05, 4.69) is 67.6 Å². The molecule has 0 atom stereocenters. The van der Waals surface area contributed by atoms with Crippen LogP contribution in [0.2, 0.25) is 0 Å². The van der Waals surface area contributed by atoms with Gasteiger partial charge in [-0.3, -0.25) is 9.78 Å². The SMILES string of the molecule is CC(=O)C=C(C)O.Cc1cc(-c2[c-]ccc3ccccc23)nc2ccccc12.[Ir].